The second-order valence-corrected chi connectivity index (χ2v) is 12.5. The first-order valence-electron chi connectivity index (χ1n) is 12.7. The van der Waals surface area contributed by atoms with Gasteiger partial charge in [0.1, 0.15) is 4.88 Å². The fraction of sp³-hybridized carbons (Fsp3) is 0.769. The van der Waals surface area contributed by atoms with E-state index in [2.05, 4.69) is 27.7 Å². The minimum atomic E-state index is -0.977. The van der Waals surface area contributed by atoms with E-state index in [1.165, 1.54) is 11.3 Å². The van der Waals surface area contributed by atoms with Gasteiger partial charge >= 0.3 is 5.97 Å². The topological polar surface area (TPSA) is 79.3 Å². The highest BCUT2D eigenvalue weighted by molar-refractivity contribution is 7.14. The van der Waals surface area contributed by atoms with Crippen LogP contribution in [0.15, 0.2) is 6.07 Å². The van der Waals surface area contributed by atoms with E-state index in [1.807, 2.05) is 18.1 Å². The highest BCUT2D eigenvalue weighted by Crippen LogP contribution is 2.42. The molecule has 1 aliphatic heterocycles. The maximum Gasteiger partial charge on any atom is 0.348 e. The van der Waals surface area contributed by atoms with E-state index in [1.54, 1.807) is 5.01 Å². The van der Waals surface area contributed by atoms with Crippen molar-refractivity contribution in [3.05, 3.63) is 15.8 Å². The van der Waals surface area contributed by atoms with Gasteiger partial charge in [-0.1, -0.05) is 27.7 Å². The van der Waals surface area contributed by atoms with Gasteiger partial charge in [-0.2, -0.15) is 0 Å². The number of hydrazine groups is 1. The molecule has 3 fully saturated rings. The third-order valence-electron chi connectivity index (χ3n) is 7.82. The Hall–Kier alpha value is -1.48. The largest absolute Gasteiger partial charge is 0.477 e. The van der Waals surface area contributed by atoms with E-state index in [4.69, 9.17) is 9.47 Å². The monoisotopic (exact) mass is 492 g/mol. The van der Waals surface area contributed by atoms with Crippen LogP contribution in [0.5, 0.6) is 0 Å². The summed E-state index contributed by atoms with van der Waals surface area (Å²) in [5.41, 5.74) is 0.317. The number of ether oxygens (including phenoxy) is 2. The van der Waals surface area contributed by atoms with Crippen LogP contribution in [0, 0.1) is 11.8 Å². The SMILES string of the molecule is CC1CCC(C(=O)N(c2cc(C(C)(C)C)sc2C(=O)O)N(C)C2CCC3(CC2)OCCO3)CC1. The van der Waals surface area contributed by atoms with Gasteiger partial charge in [0.2, 0.25) is 5.91 Å². The quantitative estimate of drug-likeness (QED) is 0.552. The molecular weight excluding hydrogens is 452 g/mol. The van der Waals surface area contributed by atoms with Crippen molar-refractivity contribution in [3.63, 3.8) is 0 Å². The van der Waals surface area contributed by atoms with Crippen LogP contribution in [0.1, 0.15) is 93.6 Å². The number of thiophene rings is 1. The van der Waals surface area contributed by atoms with Crippen molar-refractivity contribution in [2.75, 3.05) is 25.3 Å². The fourth-order valence-electron chi connectivity index (χ4n) is 5.55. The minimum Gasteiger partial charge on any atom is -0.477 e. The number of nitrogens with zero attached hydrogens (tertiary/aromatic N) is 2. The molecule has 1 saturated heterocycles. The summed E-state index contributed by atoms with van der Waals surface area (Å²) in [5, 5.41) is 13.8. The van der Waals surface area contributed by atoms with Crippen molar-refractivity contribution < 1.29 is 24.2 Å². The second kappa shape index (κ2) is 9.88. The zero-order valence-electron chi connectivity index (χ0n) is 21.3. The third-order valence-corrected chi connectivity index (χ3v) is 9.36. The summed E-state index contributed by atoms with van der Waals surface area (Å²) in [5.74, 6) is -0.855. The van der Waals surface area contributed by atoms with Gasteiger partial charge in [0.15, 0.2) is 5.79 Å². The Morgan fingerprint density at radius 2 is 1.65 bits per heavy atom. The lowest BCUT2D eigenvalue weighted by Gasteiger charge is -2.44. The Morgan fingerprint density at radius 3 is 2.18 bits per heavy atom. The third kappa shape index (κ3) is 5.20. The molecule has 8 heteroatoms. The number of aromatic carboxylic acids is 1. The normalized spacial score (nSPS) is 25.7. The Bertz CT molecular complexity index is 883. The summed E-state index contributed by atoms with van der Waals surface area (Å²) in [6.45, 7) is 9.75. The standard InChI is InChI=1S/C26H40N2O5S/c1-17-6-8-18(9-7-17)23(29)28(20-16-21(25(2,3)4)34-22(20)24(30)31)27(5)19-10-12-26(13-11-19)32-14-15-33-26/h16-19H,6-15H2,1-5H3,(H,30,31). The first-order chi connectivity index (χ1) is 16.0. The average Bonchev–Trinajstić information content (AvgIpc) is 3.43. The summed E-state index contributed by atoms with van der Waals surface area (Å²) in [6, 6.07) is 2.05. The molecule has 2 heterocycles. The predicted molar refractivity (Wildman–Crippen MR) is 133 cm³/mol. The molecule has 2 saturated carbocycles. The molecule has 3 aliphatic rings. The van der Waals surface area contributed by atoms with Crippen LogP contribution >= 0.6 is 11.3 Å². The molecule has 0 atom stereocenters. The van der Waals surface area contributed by atoms with E-state index < -0.39 is 11.8 Å². The summed E-state index contributed by atoms with van der Waals surface area (Å²) in [6.07, 6.45) is 7.04. The number of carboxylic acid groups (broad SMARTS) is 1. The smallest absolute Gasteiger partial charge is 0.348 e. The first-order valence-corrected chi connectivity index (χ1v) is 13.5. The van der Waals surface area contributed by atoms with Crippen LogP contribution in [0.4, 0.5) is 5.69 Å². The zero-order valence-corrected chi connectivity index (χ0v) is 22.1. The maximum atomic E-state index is 14.0. The van der Waals surface area contributed by atoms with Gasteiger partial charge in [-0.25, -0.2) is 14.8 Å². The number of carboxylic acids is 1. The summed E-state index contributed by atoms with van der Waals surface area (Å²) >= 11 is 1.29. The van der Waals surface area contributed by atoms with Crippen LogP contribution in [-0.4, -0.2) is 54.1 Å². The van der Waals surface area contributed by atoms with E-state index in [9.17, 15) is 14.7 Å². The van der Waals surface area contributed by atoms with E-state index in [-0.39, 0.29) is 28.2 Å². The van der Waals surface area contributed by atoms with Gasteiger partial charge < -0.3 is 14.6 Å². The minimum absolute atomic E-state index is 0.0313. The molecule has 2 aliphatic carbocycles. The number of hydrogen-bond donors (Lipinski definition) is 1. The molecule has 1 spiro atoms. The van der Waals surface area contributed by atoms with Crippen LogP contribution in [0.25, 0.3) is 0 Å². The molecule has 0 unspecified atom stereocenters. The predicted octanol–water partition coefficient (Wildman–Crippen LogP) is 5.44. The van der Waals surface area contributed by atoms with E-state index >= 15 is 0 Å². The number of carbonyl (C=O) groups is 2. The van der Waals surface area contributed by atoms with Crippen LogP contribution < -0.4 is 5.01 Å². The number of hydrogen-bond acceptors (Lipinski definition) is 6. The molecule has 1 aromatic rings. The molecule has 1 amide bonds. The lowest BCUT2D eigenvalue weighted by atomic mass is 9.82. The molecule has 0 bridgehead atoms. The van der Waals surface area contributed by atoms with Gasteiger partial charge in [0, 0.05) is 36.7 Å². The Balaban J connectivity index is 1.66. The van der Waals surface area contributed by atoms with Crippen molar-refractivity contribution >= 4 is 28.9 Å². The molecule has 34 heavy (non-hydrogen) atoms. The average molecular weight is 493 g/mol. The van der Waals surface area contributed by atoms with E-state index in [0.717, 1.165) is 56.2 Å². The molecule has 4 rings (SSSR count). The summed E-state index contributed by atoms with van der Waals surface area (Å²) < 4.78 is 11.8. The number of carbonyl (C=O) groups excluding carboxylic acids is 1. The van der Waals surface area contributed by atoms with Crippen molar-refractivity contribution in [1.82, 2.24) is 5.01 Å². The highest BCUT2D eigenvalue weighted by Gasteiger charge is 2.44. The Morgan fingerprint density at radius 1 is 1.06 bits per heavy atom. The summed E-state index contributed by atoms with van der Waals surface area (Å²) in [4.78, 5) is 27.5. The summed E-state index contributed by atoms with van der Waals surface area (Å²) in [7, 11) is 1.95. The van der Waals surface area contributed by atoms with Gasteiger partial charge in [0.25, 0.3) is 0 Å². The number of anilines is 1. The van der Waals surface area contributed by atoms with Crippen molar-refractivity contribution in [3.8, 4) is 0 Å². The van der Waals surface area contributed by atoms with Gasteiger partial charge in [-0.05, 0) is 55.9 Å². The van der Waals surface area contributed by atoms with Crippen LogP contribution in [0.2, 0.25) is 0 Å². The second-order valence-electron chi connectivity index (χ2n) is 11.4. The molecule has 1 aromatic heterocycles. The first kappa shape index (κ1) is 25.6. The zero-order chi connectivity index (χ0) is 24.7. The van der Waals surface area contributed by atoms with Crippen molar-refractivity contribution in [2.24, 2.45) is 11.8 Å². The van der Waals surface area contributed by atoms with Crippen LogP contribution in [-0.2, 0) is 19.7 Å². The Labute approximate surface area is 207 Å². The molecule has 190 valence electrons. The molecule has 0 radical (unpaired) electrons. The maximum absolute atomic E-state index is 14.0. The molecular formula is C26H40N2O5S. The fourth-order valence-corrected chi connectivity index (χ4v) is 6.58. The van der Waals surface area contributed by atoms with Crippen LogP contribution in [0.3, 0.4) is 0 Å². The van der Waals surface area contributed by atoms with Gasteiger partial charge in [-0.15, -0.1) is 11.3 Å². The van der Waals surface area contributed by atoms with Gasteiger partial charge in [0.05, 0.1) is 18.9 Å². The number of rotatable bonds is 5. The Kier molecular flexibility index (Phi) is 7.44. The lowest BCUT2D eigenvalue weighted by molar-refractivity contribution is -0.183. The molecule has 7 nitrogen and oxygen atoms in total. The molecule has 0 aromatic carbocycles. The molecule has 1 N–H and O–H groups in total. The van der Waals surface area contributed by atoms with Crippen molar-refractivity contribution in [2.45, 2.75) is 96.3 Å². The number of amides is 1. The van der Waals surface area contributed by atoms with Gasteiger partial charge in [-0.3, -0.25) is 4.79 Å². The highest BCUT2D eigenvalue weighted by atomic mass is 32.1. The van der Waals surface area contributed by atoms with Crippen molar-refractivity contribution in [1.29, 1.82) is 0 Å². The lowest BCUT2D eigenvalue weighted by Crippen LogP contribution is -2.54. The van der Waals surface area contributed by atoms with E-state index in [0.29, 0.717) is 24.8 Å².